The summed E-state index contributed by atoms with van der Waals surface area (Å²) >= 11 is 0. The fraction of sp³-hybridized carbons (Fsp3) is 0.500. The van der Waals surface area contributed by atoms with Gasteiger partial charge in [-0.15, -0.1) is 5.10 Å². The molecule has 112 valence electrons. The van der Waals surface area contributed by atoms with E-state index in [9.17, 15) is 0 Å². The number of ether oxygens (including phenoxy) is 1. The molecule has 2 aromatic rings. The van der Waals surface area contributed by atoms with Crippen LogP contribution >= 0.6 is 0 Å². The summed E-state index contributed by atoms with van der Waals surface area (Å²) in [7, 11) is 0. The van der Waals surface area contributed by atoms with Crippen LogP contribution in [-0.4, -0.2) is 33.4 Å². The Morgan fingerprint density at radius 3 is 2.76 bits per heavy atom. The molecule has 1 aliphatic rings. The van der Waals surface area contributed by atoms with Crippen molar-refractivity contribution < 1.29 is 4.74 Å². The van der Waals surface area contributed by atoms with Crippen molar-refractivity contribution in [3.8, 4) is 11.4 Å². The lowest BCUT2D eigenvalue weighted by Gasteiger charge is -2.28. The Bertz CT molecular complexity index is 620. The third kappa shape index (κ3) is 2.69. The minimum Gasteiger partial charge on any atom is -0.399 e. The third-order valence-electron chi connectivity index (χ3n) is 4.14. The van der Waals surface area contributed by atoms with Gasteiger partial charge in [0.2, 0.25) is 0 Å². The van der Waals surface area contributed by atoms with Crippen LogP contribution in [0.1, 0.15) is 25.8 Å². The molecule has 0 radical (unpaired) electrons. The molecule has 21 heavy (non-hydrogen) atoms. The lowest BCUT2D eigenvalue weighted by Crippen LogP contribution is -2.25. The van der Waals surface area contributed by atoms with Crippen LogP contribution in [0.15, 0.2) is 18.2 Å². The molecule has 1 fully saturated rings. The SMILES string of the molecule is CC(C1CCOCC1)n1nnnc1-c1ccc(N)cc1N. The summed E-state index contributed by atoms with van der Waals surface area (Å²) in [5.41, 5.74) is 13.8. The van der Waals surface area contributed by atoms with Gasteiger partial charge in [0.1, 0.15) is 0 Å². The van der Waals surface area contributed by atoms with Gasteiger partial charge in [0.05, 0.1) is 6.04 Å². The monoisotopic (exact) mass is 288 g/mol. The Morgan fingerprint density at radius 2 is 2.05 bits per heavy atom. The highest BCUT2D eigenvalue weighted by atomic mass is 16.5. The summed E-state index contributed by atoms with van der Waals surface area (Å²) in [6.45, 7) is 3.75. The summed E-state index contributed by atoms with van der Waals surface area (Å²) in [6.07, 6.45) is 2.05. The number of hydrogen-bond donors (Lipinski definition) is 2. The molecule has 1 aliphatic heterocycles. The van der Waals surface area contributed by atoms with Crippen molar-refractivity contribution in [3.63, 3.8) is 0 Å². The predicted octanol–water partition coefficient (Wildman–Crippen LogP) is 1.49. The van der Waals surface area contributed by atoms with E-state index in [0.717, 1.165) is 31.6 Å². The Morgan fingerprint density at radius 1 is 1.29 bits per heavy atom. The van der Waals surface area contributed by atoms with E-state index in [1.807, 2.05) is 16.8 Å². The molecule has 0 aliphatic carbocycles. The first-order chi connectivity index (χ1) is 10.2. The van der Waals surface area contributed by atoms with E-state index in [-0.39, 0.29) is 6.04 Å². The van der Waals surface area contributed by atoms with Crippen LogP contribution in [0.4, 0.5) is 11.4 Å². The van der Waals surface area contributed by atoms with Crippen molar-refractivity contribution in [3.05, 3.63) is 18.2 Å². The second-order valence-corrected chi connectivity index (χ2v) is 5.48. The van der Waals surface area contributed by atoms with Gasteiger partial charge in [0.25, 0.3) is 0 Å². The van der Waals surface area contributed by atoms with E-state index < -0.39 is 0 Å². The number of hydrogen-bond acceptors (Lipinski definition) is 6. The molecule has 3 rings (SSSR count). The lowest BCUT2D eigenvalue weighted by molar-refractivity contribution is 0.0495. The lowest BCUT2D eigenvalue weighted by atomic mass is 9.93. The smallest absolute Gasteiger partial charge is 0.184 e. The highest BCUT2D eigenvalue weighted by Crippen LogP contribution is 2.32. The summed E-state index contributed by atoms with van der Waals surface area (Å²) in [4.78, 5) is 0. The molecule has 4 N–H and O–H groups in total. The van der Waals surface area contributed by atoms with Crippen molar-refractivity contribution >= 4 is 11.4 Å². The van der Waals surface area contributed by atoms with Crippen molar-refractivity contribution in [2.45, 2.75) is 25.8 Å². The fourth-order valence-corrected chi connectivity index (χ4v) is 2.83. The highest BCUT2D eigenvalue weighted by molar-refractivity contribution is 5.74. The Hall–Kier alpha value is -2.15. The van der Waals surface area contributed by atoms with Gasteiger partial charge in [-0.2, -0.15) is 0 Å². The topological polar surface area (TPSA) is 105 Å². The van der Waals surface area contributed by atoms with Crippen LogP contribution in [0, 0.1) is 5.92 Å². The van der Waals surface area contributed by atoms with Gasteiger partial charge in [-0.05, 0) is 54.3 Å². The zero-order chi connectivity index (χ0) is 14.8. The molecule has 1 aromatic carbocycles. The van der Waals surface area contributed by atoms with Crippen molar-refractivity contribution in [2.75, 3.05) is 24.7 Å². The molecular weight excluding hydrogens is 268 g/mol. The number of tetrazole rings is 1. The van der Waals surface area contributed by atoms with Crippen LogP contribution in [-0.2, 0) is 4.74 Å². The van der Waals surface area contributed by atoms with Crippen LogP contribution in [0.3, 0.4) is 0 Å². The van der Waals surface area contributed by atoms with Crippen LogP contribution in [0.5, 0.6) is 0 Å². The van der Waals surface area contributed by atoms with Crippen LogP contribution in [0.25, 0.3) is 11.4 Å². The summed E-state index contributed by atoms with van der Waals surface area (Å²) in [6, 6.07) is 5.61. The minimum atomic E-state index is 0.204. The number of anilines is 2. The Kier molecular flexibility index (Phi) is 3.74. The third-order valence-corrected chi connectivity index (χ3v) is 4.14. The van der Waals surface area contributed by atoms with E-state index in [4.69, 9.17) is 16.2 Å². The van der Waals surface area contributed by atoms with Gasteiger partial charge in [0.15, 0.2) is 5.82 Å². The number of nitrogens with zero attached hydrogens (tertiary/aromatic N) is 4. The van der Waals surface area contributed by atoms with Crippen molar-refractivity contribution in [1.29, 1.82) is 0 Å². The van der Waals surface area contributed by atoms with Gasteiger partial charge in [0, 0.05) is 30.2 Å². The number of nitrogens with two attached hydrogens (primary N) is 2. The minimum absolute atomic E-state index is 0.204. The predicted molar refractivity (Wildman–Crippen MR) is 80.3 cm³/mol. The van der Waals surface area contributed by atoms with E-state index in [0.29, 0.717) is 23.1 Å². The van der Waals surface area contributed by atoms with Gasteiger partial charge >= 0.3 is 0 Å². The van der Waals surface area contributed by atoms with Gasteiger partial charge in [-0.25, -0.2) is 4.68 Å². The summed E-state index contributed by atoms with van der Waals surface area (Å²) in [5, 5.41) is 12.1. The van der Waals surface area contributed by atoms with E-state index in [1.54, 1.807) is 6.07 Å². The maximum Gasteiger partial charge on any atom is 0.184 e. The van der Waals surface area contributed by atoms with Gasteiger partial charge in [-0.1, -0.05) is 0 Å². The maximum absolute atomic E-state index is 6.05. The number of aromatic nitrogens is 4. The molecule has 1 unspecified atom stereocenters. The molecule has 0 saturated carbocycles. The van der Waals surface area contributed by atoms with Crippen LogP contribution in [0.2, 0.25) is 0 Å². The number of nitrogen functional groups attached to an aromatic ring is 2. The highest BCUT2D eigenvalue weighted by Gasteiger charge is 2.25. The second kappa shape index (κ2) is 5.69. The molecule has 0 amide bonds. The van der Waals surface area contributed by atoms with Gasteiger partial charge < -0.3 is 16.2 Å². The standard InChI is InChI=1S/C14H20N6O/c1-9(10-4-6-21-7-5-10)20-14(17-18-19-20)12-3-2-11(15)8-13(12)16/h2-3,8-10H,4-7,15-16H2,1H3. The Labute approximate surface area is 123 Å². The molecule has 1 atom stereocenters. The zero-order valence-corrected chi connectivity index (χ0v) is 12.1. The van der Waals surface area contributed by atoms with E-state index >= 15 is 0 Å². The molecule has 1 aromatic heterocycles. The first-order valence-corrected chi connectivity index (χ1v) is 7.18. The van der Waals surface area contributed by atoms with Crippen molar-refractivity contribution in [2.24, 2.45) is 5.92 Å². The molecule has 0 spiro atoms. The number of rotatable bonds is 3. The summed E-state index contributed by atoms with van der Waals surface area (Å²) < 4.78 is 7.28. The molecular formula is C14H20N6O. The van der Waals surface area contributed by atoms with Crippen molar-refractivity contribution in [1.82, 2.24) is 20.2 Å². The Balaban J connectivity index is 1.93. The van der Waals surface area contributed by atoms with E-state index in [1.165, 1.54) is 0 Å². The van der Waals surface area contributed by atoms with Gasteiger partial charge in [-0.3, -0.25) is 0 Å². The fourth-order valence-electron chi connectivity index (χ4n) is 2.83. The summed E-state index contributed by atoms with van der Waals surface area (Å²) in [5.74, 6) is 1.20. The number of benzene rings is 1. The molecule has 7 heteroatoms. The zero-order valence-electron chi connectivity index (χ0n) is 12.1. The molecule has 1 saturated heterocycles. The average Bonchev–Trinajstić information content (AvgIpc) is 2.96. The molecule has 2 heterocycles. The molecule has 0 bridgehead atoms. The average molecular weight is 288 g/mol. The normalized spacial score (nSPS) is 17.8. The maximum atomic E-state index is 6.05. The van der Waals surface area contributed by atoms with Crippen LogP contribution < -0.4 is 11.5 Å². The second-order valence-electron chi connectivity index (χ2n) is 5.48. The quantitative estimate of drug-likeness (QED) is 0.829. The first kappa shape index (κ1) is 13.8. The molecule has 7 nitrogen and oxygen atoms in total. The van der Waals surface area contributed by atoms with E-state index in [2.05, 4.69) is 22.4 Å². The largest absolute Gasteiger partial charge is 0.399 e. The first-order valence-electron chi connectivity index (χ1n) is 7.18.